The van der Waals surface area contributed by atoms with Crippen LogP contribution in [0.4, 0.5) is 0 Å². The molecule has 1 N–H and O–H groups in total. The predicted octanol–water partition coefficient (Wildman–Crippen LogP) is 3.08. The van der Waals surface area contributed by atoms with Crippen LogP contribution in [0.1, 0.15) is 25.6 Å². The number of hydrogen-bond acceptors (Lipinski definition) is 3. The minimum Gasteiger partial charge on any atom is -0.311 e. The van der Waals surface area contributed by atoms with Gasteiger partial charge in [0.05, 0.1) is 0 Å². The standard InChI is InChI=1S/C12H19BrN2S/c1-9-5-15(12(2,3)8-14-9)6-11-4-10(13)7-16-11/h4,7,9,14H,5-6,8H2,1-3H3. The summed E-state index contributed by atoms with van der Waals surface area (Å²) in [5.41, 5.74) is 0.253. The van der Waals surface area contributed by atoms with Gasteiger partial charge in [0, 0.05) is 45.9 Å². The highest BCUT2D eigenvalue weighted by Crippen LogP contribution is 2.26. The zero-order valence-electron chi connectivity index (χ0n) is 10.1. The quantitative estimate of drug-likeness (QED) is 0.903. The van der Waals surface area contributed by atoms with Crippen molar-refractivity contribution in [2.75, 3.05) is 13.1 Å². The smallest absolute Gasteiger partial charge is 0.0334 e. The van der Waals surface area contributed by atoms with Gasteiger partial charge in [-0.2, -0.15) is 0 Å². The molecule has 0 aliphatic carbocycles. The highest BCUT2D eigenvalue weighted by molar-refractivity contribution is 9.10. The molecule has 1 unspecified atom stereocenters. The Kier molecular flexibility index (Phi) is 3.74. The molecule has 0 amide bonds. The van der Waals surface area contributed by atoms with E-state index in [2.05, 4.69) is 58.4 Å². The third-order valence-electron chi connectivity index (χ3n) is 3.20. The van der Waals surface area contributed by atoms with E-state index in [1.54, 1.807) is 0 Å². The Morgan fingerprint density at radius 1 is 1.62 bits per heavy atom. The van der Waals surface area contributed by atoms with Gasteiger partial charge >= 0.3 is 0 Å². The first-order chi connectivity index (χ1) is 7.47. The lowest BCUT2D eigenvalue weighted by atomic mass is 9.98. The Morgan fingerprint density at radius 3 is 3.00 bits per heavy atom. The van der Waals surface area contributed by atoms with Gasteiger partial charge in [-0.25, -0.2) is 0 Å². The third kappa shape index (κ3) is 2.86. The molecule has 2 nitrogen and oxygen atoms in total. The first kappa shape index (κ1) is 12.6. The van der Waals surface area contributed by atoms with Crippen LogP contribution in [0, 0.1) is 0 Å². The molecule has 0 saturated carbocycles. The zero-order valence-corrected chi connectivity index (χ0v) is 12.5. The number of nitrogens with zero attached hydrogens (tertiary/aromatic N) is 1. The maximum atomic E-state index is 3.55. The number of halogens is 1. The second-order valence-electron chi connectivity index (χ2n) is 5.21. The fraction of sp³-hybridized carbons (Fsp3) is 0.667. The molecule has 0 radical (unpaired) electrons. The molecule has 1 aliphatic heterocycles. The molecule has 1 aliphatic rings. The Balaban J connectivity index is 2.06. The van der Waals surface area contributed by atoms with Gasteiger partial charge in [0.1, 0.15) is 0 Å². The van der Waals surface area contributed by atoms with Crippen molar-refractivity contribution >= 4 is 27.3 Å². The summed E-state index contributed by atoms with van der Waals surface area (Å²) in [7, 11) is 0. The van der Waals surface area contributed by atoms with E-state index in [1.807, 2.05) is 11.3 Å². The molecule has 90 valence electrons. The third-order valence-corrected chi connectivity index (χ3v) is 4.88. The molecule has 1 aromatic rings. The number of rotatable bonds is 2. The molecule has 0 bridgehead atoms. The van der Waals surface area contributed by atoms with E-state index in [4.69, 9.17) is 0 Å². The summed E-state index contributed by atoms with van der Waals surface area (Å²) < 4.78 is 1.20. The van der Waals surface area contributed by atoms with Crippen LogP contribution < -0.4 is 5.32 Å². The Morgan fingerprint density at radius 2 is 2.38 bits per heavy atom. The summed E-state index contributed by atoms with van der Waals surface area (Å²) in [5.74, 6) is 0. The van der Waals surface area contributed by atoms with Crippen LogP contribution in [0.15, 0.2) is 15.9 Å². The average molecular weight is 303 g/mol. The van der Waals surface area contributed by atoms with Gasteiger partial charge in [-0.3, -0.25) is 4.90 Å². The monoisotopic (exact) mass is 302 g/mol. The molecule has 2 rings (SSSR count). The van der Waals surface area contributed by atoms with E-state index in [-0.39, 0.29) is 5.54 Å². The second-order valence-corrected chi connectivity index (χ2v) is 7.12. The number of hydrogen-bond donors (Lipinski definition) is 1. The van der Waals surface area contributed by atoms with E-state index in [1.165, 1.54) is 9.35 Å². The first-order valence-corrected chi connectivity index (χ1v) is 7.36. The Bertz CT molecular complexity index is 362. The van der Waals surface area contributed by atoms with Crippen LogP contribution in [0.5, 0.6) is 0 Å². The predicted molar refractivity (Wildman–Crippen MR) is 74.0 cm³/mol. The number of piperazine rings is 1. The summed E-state index contributed by atoms with van der Waals surface area (Å²) in [4.78, 5) is 4.01. The molecule has 1 fully saturated rings. The first-order valence-electron chi connectivity index (χ1n) is 5.69. The lowest BCUT2D eigenvalue weighted by molar-refractivity contribution is 0.0636. The van der Waals surface area contributed by atoms with Crippen molar-refractivity contribution in [3.05, 3.63) is 20.8 Å². The van der Waals surface area contributed by atoms with Gasteiger partial charge in [0.15, 0.2) is 0 Å². The summed E-state index contributed by atoms with van der Waals surface area (Å²) in [6.07, 6.45) is 0. The van der Waals surface area contributed by atoms with Crippen LogP contribution >= 0.6 is 27.3 Å². The van der Waals surface area contributed by atoms with Crippen molar-refractivity contribution in [1.82, 2.24) is 10.2 Å². The van der Waals surface area contributed by atoms with E-state index >= 15 is 0 Å². The highest BCUT2D eigenvalue weighted by atomic mass is 79.9. The molecule has 1 atom stereocenters. The minimum atomic E-state index is 0.253. The molecule has 0 aromatic carbocycles. The topological polar surface area (TPSA) is 15.3 Å². The summed E-state index contributed by atoms with van der Waals surface area (Å²) in [6, 6.07) is 2.82. The summed E-state index contributed by atoms with van der Waals surface area (Å²) in [6.45, 7) is 10.1. The maximum Gasteiger partial charge on any atom is 0.0334 e. The average Bonchev–Trinajstić information content (AvgIpc) is 2.59. The van der Waals surface area contributed by atoms with Crippen molar-refractivity contribution in [1.29, 1.82) is 0 Å². The van der Waals surface area contributed by atoms with Crippen LogP contribution in [-0.4, -0.2) is 29.6 Å². The van der Waals surface area contributed by atoms with Gasteiger partial charge in [-0.1, -0.05) is 0 Å². The molecular weight excluding hydrogens is 284 g/mol. The second kappa shape index (κ2) is 4.77. The Hall–Kier alpha value is 0.1000. The Labute approximate surface area is 110 Å². The van der Waals surface area contributed by atoms with Crippen LogP contribution in [0.25, 0.3) is 0 Å². The molecule has 1 aromatic heterocycles. The summed E-state index contributed by atoms with van der Waals surface area (Å²) >= 11 is 5.35. The van der Waals surface area contributed by atoms with Crippen LogP contribution in [0.3, 0.4) is 0 Å². The number of nitrogens with one attached hydrogen (secondary N) is 1. The van der Waals surface area contributed by atoms with Gasteiger partial charge in [0.25, 0.3) is 0 Å². The highest BCUT2D eigenvalue weighted by Gasteiger charge is 2.32. The van der Waals surface area contributed by atoms with Crippen molar-refractivity contribution in [2.24, 2.45) is 0 Å². The van der Waals surface area contributed by atoms with Crippen LogP contribution in [0.2, 0.25) is 0 Å². The molecule has 1 saturated heterocycles. The van der Waals surface area contributed by atoms with Gasteiger partial charge < -0.3 is 5.32 Å². The minimum absolute atomic E-state index is 0.253. The molecule has 2 heterocycles. The fourth-order valence-corrected chi connectivity index (χ4v) is 3.55. The van der Waals surface area contributed by atoms with Gasteiger partial charge in [-0.05, 0) is 42.8 Å². The van der Waals surface area contributed by atoms with E-state index in [0.29, 0.717) is 6.04 Å². The molecule has 4 heteroatoms. The molecule has 0 spiro atoms. The normalized spacial score (nSPS) is 25.9. The SMILES string of the molecule is CC1CN(Cc2cc(Br)cs2)C(C)(C)CN1. The van der Waals surface area contributed by atoms with Gasteiger partial charge in [-0.15, -0.1) is 11.3 Å². The van der Waals surface area contributed by atoms with Crippen molar-refractivity contribution in [2.45, 2.75) is 38.9 Å². The van der Waals surface area contributed by atoms with Crippen molar-refractivity contribution in [3.63, 3.8) is 0 Å². The zero-order chi connectivity index (χ0) is 11.8. The fourth-order valence-electron chi connectivity index (χ4n) is 2.08. The molecular formula is C12H19BrN2S. The molecule has 16 heavy (non-hydrogen) atoms. The summed E-state index contributed by atoms with van der Waals surface area (Å²) in [5, 5.41) is 5.71. The maximum absolute atomic E-state index is 3.55. The van der Waals surface area contributed by atoms with Gasteiger partial charge in [0.2, 0.25) is 0 Å². The van der Waals surface area contributed by atoms with E-state index in [9.17, 15) is 0 Å². The lowest BCUT2D eigenvalue weighted by Gasteiger charge is -2.45. The van der Waals surface area contributed by atoms with Crippen molar-refractivity contribution in [3.8, 4) is 0 Å². The van der Waals surface area contributed by atoms with Crippen LogP contribution in [-0.2, 0) is 6.54 Å². The van der Waals surface area contributed by atoms with E-state index < -0.39 is 0 Å². The van der Waals surface area contributed by atoms with E-state index in [0.717, 1.165) is 19.6 Å². The van der Waals surface area contributed by atoms with Crippen molar-refractivity contribution < 1.29 is 0 Å². The lowest BCUT2D eigenvalue weighted by Crippen LogP contribution is -2.60. The number of thiophene rings is 1. The largest absolute Gasteiger partial charge is 0.311 e.